The van der Waals surface area contributed by atoms with Crippen molar-refractivity contribution in [2.24, 2.45) is 0 Å². The second kappa shape index (κ2) is 6.76. The molecule has 1 fully saturated rings. The molecule has 1 saturated carbocycles. The highest BCUT2D eigenvalue weighted by Gasteiger charge is 2.74. The second-order valence-electron chi connectivity index (χ2n) is 8.66. The summed E-state index contributed by atoms with van der Waals surface area (Å²) in [6.45, 7) is 2.19. The third-order valence-corrected chi connectivity index (χ3v) is 6.92. The summed E-state index contributed by atoms with van der Waals surface area (Å²) in [6.07, 6.45) is 0.535. The van der Waals surface area contributed by atoms with Crippen molar-refractivity contribution in [2.45, 2.75) is 30.7 Å². The van der Waals surface area contributed by atoms with Crippen molar-refractivity contribution < 1.29 is 19.1 Å². The minimum atomic E-state index is -1.03. The number of hydrogen-bond donors (Lipinski definition) is 1. The van der Waals surface area contributed by atoms with E-state index in [0.717, 1.165) is 5.56 Å². The molecule has 6 heteroatoms. The van der Waals surface area contributed by atoms with E-state index < -0.39 is 22.6 Å². The second-order valence-corrected chi connectivity index (χ2v) is 8.66. The standard InChI is InChI=1S/C26H19FN2O3/c1-25(19-7-5-16(13-28)6-8-19)15-26(25)21-12-20(27)9-10-22(21)29(24(26)32)14-17-3-2-4-18(11-17)23(30)31/h2-12H,14-15H2,1H3,(H,30,31)/t25-,26-/m0/s1. The SMILES string of the molecule is C[C@@]1(c2ccc(C#N)cc2)C[C@]12C(=O)N(Cc1cccc(C(=O)O)c1)c1ccc(F)cc12. The summed E-state index contributed by atoms with van der Waals surface area (Å²) in [6, 6.07) is 20.2. The fraction of sp³-hybridized carbons (Fsp3) is 0.192. The first kappa shape index (κ1) is 20.0. The number of nitrogens with zero attached hydrogens (tertiary/aromatic N) is 2. The molecule has 1 aliphatic heterocycles. The predicted molar refractivity (Wildman–Crippen MR) is 116 cm³/mol. The summed E-state index contributed by atoms with van der Waals surface area (Å²) in [4.78, 5) is 26.8. The minimum Gasteiger partial charge on any atom is -0.478 e. The number of halogens is 1. The number of nitriles is 1. The monoisotopic (exact) mass is 426 g/mol. The lowest BCUT2D eigenvalue weighted by atomic mass is 9.83. The summed E-state index contributed by atoms with van der Waals surface area (Å²) in [5.74, 6) is -1.56. The van der Waals surface area contributed by atoms with Crippen LogP contribution in [0, 0.1) is 17.1 Å². The van der Waals surface area contributed by atoms with Crippen molar-refractivity contribution in [3.05, 3.63) is 100 Å². The maximum Gasteiger partial charge on any atom is 0.335 e. The number of fused-ring (bicyclic) bond motifs is 2. The third kappa shape index (κ3) is 2.68. The third-order valence-electron chi connectivity index (χ3n) is 6.92. The molecule has 5 nitrogen and oxygen atoms in total. The van der Waals surface area contributed by atoms with E-state index in [0.29, 0.717) is 28.8 Å². The predicted octanol–water partition coefficient (Wildman–Crippen LogP) is 4.54. The first-order valence-corrected chi connectivity index (χ1v) is 10.2. The van der Waals surface area contributed by atoms with Crippen LogP contribution in [0.3, 0.4) is 0 Å². The molecule has 1 spiro atoms. The van der Waals surface area contributed by atoms with Gasteiger partial charge in [0.1, 0.15) is 5.82 Å². The van der Waals surface area contributed by atoms with Gasteiger partial charge in [-0.05, 0) is 65.6 Å². The summed E-state index contributed by atoms with van der Waals surface area (Å²) in [7, 11) is 0. The van der Waals surface area contributed by atoms with Crippen molar-refractivity contribution in [3.8, 4) is 6.07 Å². The zero-order valence-corrected chi connectivity index (χ0v) is 17.3. The lowest BCUT2D eigenvalue weighted by Gasteiger charge is -2.21. The molecule has 3 aromatic rings. The Hall–Kier alpha value is -3.98. The van der Waals surface area contributed by atoms with Gasteiger partial charge in [-0.1, -0.05) is 31.2 Å². The molecule has 0 saturated heterocycles. The van der Waals surface area contributed by atoms with Crippen LogP contribution in [0.4, 0.5) is 10.1 Å². The van der Waals surface area contributed by atoms with Crippen LogP contribution in [-0.2, 0) is 22.2 Å². The van der Waals surface area contributed by atoms with Crippen molar-refractivity contribution in [1.29, 1.82) is 5.26 Å². The number of amides is 1. The van der Waals surface area contributed by atoms with Gasteiger partial charge in [0, 0.05) is 11.1 Å². The lowest BCUT2D eigenvalue weighted by Crippen LogP contribution is -2.35. The number of aromatic carboxylic acids is 1. The zero-order valence-electron chi connectivity index (χ0n) is 17.3. The Kier molecular flexibility index (Phi) is 4.22. The highest BCUT2D eigenvalue weighted by Crippen LogP contribution is 2.70. The summed E-state index contributed by atoms with van der Waals surface area (Å²) >= 11 is 0. The maximum absolute atomic E-state index is 14.3. The Morgan fingerprint density at radius 1 is 1.16 bits per heavy atom. The number of carboxylic acids is 1. The first-order chi connectivity index (χ1) is 15.3. The van der Waals surface area contributed by atoms with Crippen LogP contribution in [0.15, 0.2) is 66.7 Å². The summed E-state index contributed by atoms with van der Waals surface area (Å²) in [5, 5.41) is 18.4. The van der Waals surface area contributed by atoms with Crippen LogP contribution in [0.1, 0.15) is 46.0 Å². The molecule has 1 aliphatic carbocycles. The molecule has 2 aliphatic rings. The van der Waals surface area contributed by atoms with Gasteiger partial charge in [-0.3, -0.25) is 4.79 Å². The van der Waals surface area contributed by atoms with Gasteiger partial charge >= 0.3 is 5.97 Å². The van der Waals surface area contributed by atoms with Crippen LogP contribution < -0.4 is 4.90 Å². The van der Waals surface area contributed by atoms with E-state index in [1.165, 1.54) is 18.2 Å². The van der Waals surface area contributed by atoms with Crippen LogP contribution in [0.25, 0.3) is 0 Å². The van der Waals surface area contributed by atoms with E-state index in [2.05, 4.69) is 6.07 Å². The number of hydrogen-bond acceptors (Lipinski definition) is 3. The van der Waals surface area contributed by atoms with E-state index in [1.807, 2.05) is 19.1 Å². The molecule has 1 N–H and O–H groups in total. The Bertz CT molecular complexity index is 1330. The van der Waals surface area contributed by atoms with Gasteiger partial charge in [0.25, 0.3) is 0 Å². The molecule has 1 amide bonds. The van der Waals surface area contributed by atoms with E-state index in [4.69, 9.17) is 5.26 Å². The largest absolute Gasteiger partial charge is 0.478 e. The van der Waals surface area contributed by atoms with Gasteiger partial charge in [-0.2, -0.15) is 5.26 Å². The fourth-order valence-electron chi connectivity index (χ4n) is 5.13. The van der Waals surface area contributed by atoms with Gasteiger partial charge < -0.3 is 10.0 Å². The van der Waals surface area contributed by atoms with Gasteiger partial charge in [0.05, 0.1) is 29.2 Å². The topological polar surface area (TPSA) is 81.4 Å². The van der Waals surface area contributed by atoms with Crippen LogP contribution in [0.2, 0.25) is 0 Å². The quantitative estimate of drug-likeness (QED) is 0.664. The maximum atomic E-state index is 14.3. The molecule has 3 aromatic carbocycles. The number of rotatable bonds is 4. The van der Waals surface area contributed by atoms with E-state index in [9.17, 15) is 19.1 Å². The van der Waals surface area contributed by atoms with Crippen molar-refractivity contribution in [3.63, 3.8) is 0 Å². The van der Waals surface area contributed by atoms with Crippen LogP contribution >= 0.6 is 0 Å². The average Bonchev–Trinajstić information content (AvgIpc) is 3.38. The van der Waals surface area contributed by atoms with Crippen molar-refractivity contribution >= 4 is 17.6 Å². The van der Waals surface area contributed by atoms with Gasteiger partial charge in [-0.15, -0.1) is 0 Å². The molecule has 1 heterocycles. The Morgan fingerprint density at radius 3 is 2.59 bits per heavy atom. The lowest BCUT2D eigenvalue weighted by molar-refractivity contribution is -0.120. The normalized spacial score (nSPS) is 23.2. The van der Waals surface area contributed by atoms with Gasteiger partial charge in [0.15, 0.2) is 0 Å². The summed E-state index contributed by atoms with van der Waals surface area (Å²) < 4.78 is 14.3. The van der Waals surface area contributed by atoms with Crippen LogP contribution in [-0.4, -0.2) is 17.0 Å². The number of anilines is 1. The zero-order chi connectivity index (χ0) is 22.7. The molecular weight excluding hydrogens is 407 g/mol. The number of carboxylic acid groups (broad SMARTS) is 1. The Balaban J connectivity index is 1.57. The minimum absolute atomic E-state index is 0.120. The molecule has 5 rings (SSSR count). The van der Waals surface area contributed by atoms with E-state index in [-0.39, 0.29) is 18.0 Å². The highest BCUT2D eigenvalue weighted by molar-refractivity contribution is 6.12. The molecule has 158 valence electrons. The molecule has 0 bridgehead atoms. The van der Waals surface area contributed by atoms with Gasteiger partial charge in [-0.25, -0.2) is 9.18 Å². The van der Waals surface area contributed by atoms with Crippen LogP contribution in [0.5, 0.6) is 0 Å². The molecule has 0 aromatic heterocycles. The molecule has 2 atom stereocenters. The molecule has 32 heavy (non-hydrogen) atoms. The smallest absolute Gasteiger partial charge is 0.335 e. The van der Waals surface area contributed by atoms with Crippen molar-refractivity contribution in [1.82, 2.24) is 0 Å². The van der Waals surface area contributed by atoms with E-state index >= 15 is 0 Å². The van der Waals surface area contributed by atoms with Gasteiger partial charge in [0.2, 0.25) is 5.91 Å². The van der Waals surface area contributed by atoms with E-state index in [1.54, 1.807) is 41.3 Å². The molecule has 0 unspecified atom stereocenters. The average molecular weight is 426 g/mol. The fourth-order valence-corrected chi connectivity index (χ4v) is 5.13. The Morgan fingerprint density at radius 2 is 1.91 bits per heavy atom. The molecule has 0 radical (unpaired) electrons. The number of benzene rings is 3. The first-order valence-electron chi connectivity index (χ1n) is 10.2. The molecular formula is C26H19FN2O3. The summed E-state index contributed by atoms with van der Waals surface area (Å²) in [5.41, 5.74) is 2.19. The Labute approximate surface area is 184 Å². The van der Waals surface area contributed by atoms with Crippen molar-refractivity contribution in [2.75, 3.05) is 4.90 Å². The number of carbonyl (C=O) groups excluding carboxylic acids is 1. The highest BCUT2D eigenvalue weighted by atomic mass is 19.1. The number of carbonyl (C=O) groups is 2.